The van der Waals surface area contributed by atoms with Crippen molar-refractivity contribution in [3.05, 3.63) is 102 Å². The Hall–Kier alpha value is -4.59. The Morgan fingerprint density at radius 3 is 2.37 bits per heavy atom. The van der Waals surface area contributed by atoms with Gasteiger partial charge in [0.25, 0.3) is 5.91 Å². The summed E-state index contributed by atoms with van der Waals surface area (Å²) in [6.45, 7) is 2.49. The van der Waals surface area contributed by atoms with Crippen LogP contribution in [0.4, 0.5) is 0 Å². The monoisotopic (exact) mass is 510 g/mol. The van der Waals surface area contributed by atoms with Crippen molar-refractivity contribution in [1.82, 2.24) is 20.0 Å². The Bertz CT molecular complexity index is 1450. The molecule has 4 aromatic rings. The molecule has 2 heterocycles. The summed E-state index contributed by atoms with van der Waals surface area (Å²) < 4.78 is 12.6. The van der Waals surface area contributed by atoms with Crippen LogP contribution in [-0.2, 0) is 24.4 Å². The average molecular weight is 511 g/mol. The first-order valence-corrected chi connectivity index (χ1v) is 12.4. The highest BCUT2D eigenvalue weighted by atomic mass is 16.5. The van der Waals surface area contributed by atoms with Crippen LogP contribution in [0.2, 0.25) is 0 Å². The third-order valence-corrected chi connectivity index (χ3v) is 6.97. The number of hydrogen-bond acceptors (Lipinski definition) is 5. The molecule has 8 nitrogen and oxygen atoms in total. The maximum Gasteiger partial charge on any atom is 0.273 e. The van der Waals surface area contributed by atoms with Crippen molar-refractivity contribution in [2.45, 2.75) is 32.1 Å². The summed E-state index contributed by atoms with van der Waals surface area (Å²) in [7, 11) is 3.17. The molecule has 0 aliphatic carbocycles. The Morgan fingerprint density at radius 2 is 1.68 bits per heavy atom. The average Bonchev–Trinajstić information content (AvgIpc) is 3.38. The van der Waals surface area contributed by atoms with Crippen molar-refractivity contribution in [2.75, 3.05) is 14.2 Å². The molecule has 0 spiro atoms. The van der Waals surface area contributed by atoms with Crippen LogP contribution < -0.4 is 14.8 Å². The van der Waals surface area contributed by atoms with Gasteiger partial charge in [-0.05, 0) is 36.8 Å². The van der Waals surface area contributed by atoms with Gasteiger partial charge < -0.3 is 19.7 Å². The van der Waals surface area contributed by atoms with Crippen LogP contribution in [0.3, 0.4) is 0 Å². The summed E-state index contributed by atoms with van der Waals surface area (Å²) in [5.41, 5.74) is 2.50. The maximum absolute atomic E-state index is 14.0. The number of methoxy groups -OCH3 is 2. The standard InChI is InChI=1S/C30H30N4O4/c1-30(29(36)31-18-21-10-6-4-7-11-21)20-34-26(17-25(32-34)22-12-8-5-9-13-22)28(35)33(30)19-23-16-24(37-2)14-15-27(23)38-3/h4-17H,18-20H2,1-3H3,(H,31,36)/t30-/m0/s1. The van der Waals surface area contributed by atoms with E-state index >= 15 is 0 Å². The van der Waals surface area contributed by atoms with Gasteiger partial charge in [-0.25, -0.2) is 0 Å². The van der Waals surface area contributed by atoms with Crippen LogP contribution in [0, 0.1) is 0 Å². The quantitative estimate of drug-likeness (QED) is 0.382. The second-order valence-electron chi connectivity index (χ2n) is 9.45. The minimum Gasteiger partial charge on any atom is -0.497 e. The van der Waals surface area contributed by atoms with Crippen molar-refractivity contribution in [3.63, 3.8) is 0 Å². The SMILES string of the molecule is COc1ccc(OC)c(CN2C(=O)c3cc(-c4ccccc4)nn3C[C@@]2(C)C(=O)NCc2ccccc2)c1. The summed E-state index contributed by atoms with van der Waals surface area (Å²) in [5.74, 6) is 0.693. The number of amides is 2. The lowest BCUT2D eigenvalue weighted by Gasteiger charge is -2.43. The second-order valence-corrected chi connectivity index (χ2v) is 9.45. The topological polar surface area (TPSA) is 85.7 Å². The van der Waals surface area contributed by atoms with E-state index in [1.807, 2.05) is 66.7 Å². The lowest BCUT2D eigenvalue weighted by atomic mass is 9.93. The van der Waals surface area contributed by atoms with Crippen LogP contribution in [0.5, 0.6) is 11.5 Å². The fourth-order valence-corrected chi connectivity index (χ4v) is 4.78. The fourth-order valence-electron chi connectivity index (χ4n) is 4.78. The van der Waals surface area contributed by atoms with E-state index in [-0.39, 0.29) is 24.9 Å². The second kappa shape index (κ2) is 10.4. The lowest BCUT2D eigenvalue weighted by Crippen LogP contribution is -2.63. The van der Waals surface area contributed by atoms with Crippen molar-refractivity contribution in [3.8, 4) is 22.8 Å². The smallest absolute Gasteiger partial charge is 0.273 e. The van der Waals surface area contributed by atoms with E-state index in [1.165, 1.54) is 0 Å². The molecule has 0 bridgehead atoms. The van der Waals surface area contributed by atoms with E-state index in [2.05, 4.69) is 5.32 Å². The van der Waals surface area contributed by atoms with Crippen molar-refractivity contribution < 1.29 is 19.1 Å². The van der Waals surface area contributed by atoms with Crippen molar-refractivity contribution in [1.29, 1.82) is 0 Å². The molecular formula is C30H30N4O4. The van der Waals surface area contributed by atoms with Gasteiger partial charge in [-0.1, -0.05) is 60.7 Å². The predicted molar refractivity (Wildman–Crippen MR) is 144 cm³/mol. The maximum atomic E-state index is 14.0. The molecule has 1 aromatic heterocycles. The Balaban J connectivity index is 1.53. The molecule has 3 aromatic carbocycles. The summed E-state index contributed by atoms with van der Waals surface area (Å²) in [6, 6.07) is 26.6. The molecule has 1 atom stereocenters. The minimum absolute atomic E-state index is 0.153. The molecule has 0 saturated heterocycles. The van der Waals surface area contributed by atoms with Crippen LogP contribution in [0.25, 0.3) is 11.3 Å². The Morgan fingerprint density at radius 1 is 0.974 bits per heavy atom. The molecule has 1 aliphatic heterocycles. The zero-order valence-corrected chi connectivity index (χ0v) is 21.7. The first kappa shape index (κ1) is 25.1. The number of nitrogens with zero attached hydrogens (tertiary/aromatic N) is 3. The van der Waals surface area contributed by atoms with Gasteiger partial charge in [0, 0.05) is 17.7 Å². The number of nitrogens with one attached hydrogen (secondary N) is 1. The molecule has 5 rings (SSSR count). The number of fused-ring (bicyclic) bond motifs is 1. The van der Waals surface area contributed by atoms with Crippen LogP contribution >= 0.6 is 0 Å². The molecule has 0 unspecified atom stereocenters. The number of carbonyl (C=O) groups excluding carboxylic acids is 2. The molecule has 0 saturated carbocycles. The highest BCUT2D eigenvalue weighted by Gasteiger charge is 2.48. The number of rotatable bonds is 8. The molecule has 2 amide bonds. The van der Waals surface area contributed by atoms with Crippen molar-refractivity contribution in [2.24, 2.45) is 0 Å². The molecule has 0 fully saturated rings. The Kier molecular flexibility index (Phi) is 6.87. The van der Waals surface area contributed by atoms with Gasteiger partial charge in [0.15, 0.2) is 0 Å². The molecular weight excluding hydrogens is 480 g/mol. The first-order valence-electron chi connectivity index (χ1n) is 12.4. The number of hydrogen-bond donors (Lipinski definition) is 1. The number of aromatic nitrogens is 2. The van der Waals surface area contributed by atoms with E-state index < -0.39 is 5.54 Å². The van der Waals surface area contributed by atoms with Crippen LogP contribution in [0.1, 0.15) is 28.5 Å². The molecule has 1 aliphatic rings. The minimum atomic E-state index is -1.22. The van der Waals surface area contributed by atoms with Crippen molar-refractivity contribution >= 4 is 11.8 Å². The van der Waals surface area contributed by atoms with E-state index in [1.54, 1.807) is 48.9 Å². The van der Waals surface area contributed by atoms with Gasteiger partial charge in [0.05, 0.1) is 33.0 Å². The van der Waals surface area contributed by atoms with Crippen LogP contribution in [0.15, 0.2) is 84.9 Å². The highest BCUT2D eigenvalue weighted by molar-refractivity contribution is 6.00. The lowest BCUT2D eigenvalue weighted by molar-refractivity contribution is -0.133. The third kappa shape index (κ3) is 4.72. The van der Waals surface area contributed by atoms with E-state index in [0.29, 0.717) is 29.4 Å². The van der Waals surface area contributed by atoms with Gasteiger partial charge in [0.2, 0.25) is 5.91 Å². The molecule has 1 N–H and O–H groups in total. The first-order chi connectivity index (χ1) is 18.4. The fraction of sp³-hybridized carbons (Fsp3) is 0.233. The van der Waals surface area contributed by atoms with Gasteiger partial charge in [-0.2, -0.15) is 5.10 Å². The van der Waals surface area contributed by atoms with Crippen LogP contribution in [-0.4, -0.2) is 46.3 Å². The van der Waals surface area contributed by atoms with E-state index in [0.717, 1.165) is 16.7 Å². The Labute approximate surface area is 221 Å². The molecule has 38 heavy (non-hydrogen) atoms. The summed E-state index contributed by atoms with van der Waals surface area (Å²) in [4.78, 5) is 29.4. The normalized spacial score (nSPS) is 16.6. The molecule has 194 valence electrons. The number of carbonyl (C=O) groups is 2. The van der Waals surface area contributed by atoms with Gasteiger partial charge in [-0.3, -0.25) is 14.3 Å². The number of benzene rings is 3. The third-order valence-electron chi connectivity index (χ3n) is 6.97. The molecule has 0 radical (unpaired) electrons. The zero-order chi connectivity index (χ0) is 26.7. The summed E-state index contributed by atoms with van der Waals surface area (Å²) >= 11 is 0. The largest absolute Gasteiger partial charge is 0.497 e. The highest BCUT2D eigenvalue weighted by Crippen LogP contribution is 2.34. The van der Waals surface area contributed by atoms with Gasteiger partial charge in [0.1, 0.15) is 22.7 Å². The van der Waals surface area contributed by atoms with Gasteiger partial charge >= 0.3 is 0 Å². The summed E-state index contributed by atoms with van der Waals surface area (Å²) in [5, 5.41) is 7.75. The van der Waals surface area contributed by atoms with E-state index in [9.17, 15) is 9.59 Å². The van der Waals surface area contributed by atoms with E-state index in [4.69, 9.17) is 14.6 Å². The van der Waals surface area contributed by atoms with Gasteiger partial charge in [-0.15, -0.1) is 0 Å². The number of ether oxygens (including phenoxy) is 2. The summed E-state index contributed by atoms with van der Waals surface area (Å²) in [6.07, 6.45) is 0. The predicted octanol–water partition coefficient (Wildman–Crippen LogP) is 4.30. The zero-order valence-electron chi connectivity index (χ0n) is 21.7. The molecule has 8 heteroatoms.